The SMILES string of the molecule is COc1ccc(CCN)cc1OCc1cccnc1OC. The van der Waals surface area contributed by atoms with E-state index in [0.717, 1.165) is 17.5 Å². The molecule has 0 aliphatic carbocycles. The van der Waals surface area contributed by atoms with Crippen molar-refractivity contribution < 1.29 is 14.2 Å². The molecule has 0 saturated carbocycles. The highest BCUT2D eigenvalue weighted by atomic mass is 16.5. The van der Waals surface area contributed by atoms with Crippen molar-refractivity contribution in [1.82, 2.24) is 4.98 Å². The molecule has 2 N–H and O–H groups in total. The minimum absolute atomic E-state index is 0.361. The molecule has 0 spiro atoms. The highest BCUT2D eigenvalue weighted by Crippen LogP contribution is 2.29. The molecule has 0 amide bonds. The third kappa shape index (κ3) is 3.86. The van der Waals surface area contributed by atoms with E-state index in [4.69, 9.17) is 19.9 Å². The number of methoxy groups -OCH3 is 2. The molecule has 1 aromatic carbocycles. The summed E-state index contributed by atoms with van der Waals surface area (Å²) in [4.78, 5) is 4.15. The number of rotatable bonds is 7. The Morgan fingerprint density at radius 1 is 1.10 bits per heavy atom. The van der Waals surface area contributed by atoms with Gasteiger partial charge < -0.3 is 19.9 Å². The first kappa shape index (κ1) is 15.1. The monoisotopic (exact) mass is 288 g/mol. The van der Waals surface area contributed by atoms with E-state index >= 15 is 0 Å². The lowest BCUT2D eigenvalue weighted by Crippen LogP contribution is -2.04. The number of nitrogens with two attached hydrogens (primary N) is 1. The summed E-state index contributed by atoms with van der Waals surface area (Å²) >= 11 is 0. The van der Waals surface area contributed by atoms with E-state index in [0.29, 0.717) is 30.5 Å². The van der Waals surface area contributed by atoms with Crippen molar-refractivity contribution in [2.24, 2.45) is 5.73 Å². The third-order valence-electron chi connectivity index (χ3n) is 3.09. The second-order valence-corrected chi connectivity index (χ2v) is 4.48. The van der Waals surface area contributed by atoms with Gasteiger partial charge in [-0.3, -0.25) is 0 Å². The van der Waals surface area contributed by atoms with Crippen molar-refractivity contribution in [3.8, 4) is 17.4 Å². The van der Waals surface area contributed by atoms with Crippen molar-refractivity contribution in [3.63, 3.8) is 0 Å². The molecule has 5 heteroatoms. The van der Waals surface area contributed by atoms with E-state index in [9.17, 15) is 0 Å². The van der Waals surface area contributed by atoms with Crippen molar-refractivity contribution in [2.75, 3.05) is 20.8 Å². The van der Waals surface area contributed by atoms with Crippen LogP contribution < -0.4 is 19.9 Å². The van der Waals surface area contributed by atoms with Gasteiger partial charge in [-0.2, -0.15) is 0 Å². The molecule has 0 saturated heterocycles. The van der Waals surface area contributed by atoms with Crippen LogP contribution in [0.1, 0.15) is 11.1 Å². The van der Waals surface area contributed by atoms with Gasteiger partial charge in [-0.1, -0.05) is 6.07 Å². The summed E-state index contributed by atoms with van der Waals surface area (Å²) in [6, 6.07) is 9.60. The molecule has 0 radical (unpaired) electrons. The van der Waals surface area contributed by atoms with Gasteiger partial charge in [0.2, 0.25) is 5.88 Å². The molecule has 2 rings (SSSR count). The Hall–Kier alpha value is -2.27. The Kier molecular flexibility index (Phi) is 5.40. The van der Waals surface area contributed by atoms with Gasteiger partial charge in [0.25, 0.3) is 0 Å². The van der Waals surface area contributed by atoms with Gasteiger partial charge >= 0.3 is 0 Å². The number of ether oxygens (including phenoxy) is 3. The summed E-state index contributed by atoms with van der Waals surface area (Å²) in [6.07, 6.45) is 2.49. The lowest BCUT2D eigenvalue weighted by molar-refractivity contribution is 0.276. The topological polar surface area (TPSA) is 66.6 Å². The Morgan fingerprint density at radius 2 is 1.95 bits per heavy atom. The number of hydrogen-bond acceptors (Lipinski definition) is 5. The minimum Gasteiger partial charge on any atom is -0.493 e. The molecule has 112 valence electrons. The van der Waals surface area contributed by atoms with Gasteiger partial charge in [-0.05, 0) is 42.8 Å². The molecule has 1 aromatic heterocycles. The average molecular weight is 288 g/mol. The summed E-state index contributed by atoms with van der Waals surface area (Å²) in [5.41, 5.74) is 7.59. The lowest BCUT2D eigenvalue weighted by Gasteiger charge is -2.13. The minimum atomic E-state index is 0.361. The number of hydrogen-bond donors (Lipinski definition) is 1. The first-order valence-electron chi connectivity index (χ1n) is 6.76. The molecule has 0 bridgehead atoms. The van der Waals surface area contributed by atoms with Crippen LogP contribution in [0.4, 0.5) is 0 Å². The molecule has 0 aliphatic heterocycles. The summed E-state index contributed by atoms with van der Waals surface area (Å²) in [5.74, 6) is 1.95. The summed E-state index contributed by atoms with van der Waals surface area (Å²) in [7, 11) is 3.21. The fraction of sp³-hybridized carbons (Fsp3) is 0.312. The van der Waals surface area contributed by atoms with Crippen LogP contribution in [0.3, 0.4) is 0 Å². The van der Waals surface area contributed by atoms with Crippen LogP contribution in [0.15, 0.2) is 36.5 Å². The predicted octanol–water partition coefficient (Wildman–Crippen LogP) is 2.18. The zero-order chi connectivity index (χ0) is 15.1. The van der Waals surface area contributed by atoms with Crippen LogP contribution in [0.25, 0.3) is 0 Å². The number of nitrogens with zero attached hydrogens (tertiary/aromatic N) is 1. The van der Waals surface area contributed by atoms with E-state index in [2.05, 4.69) is 4.98 Å². The maximum absolute atomic E-state index is 5.86. The zero-order valence-electron chi connectivity index (χ0n) is 12.3. The van der Waals surface area contributed by atoms with Gasteiger partial charge in [0, 0.05) is 6.20 Å². The zero-order valence-corrected chi connectivity index (χ0v) is 12.3. The van der Waals surface area contributed by atoms with Crippen LogP contribution in [-0.2, 0) is 13.0 Å². The molecular formula is C16H20N2O3. The summed E-state index contributed by atoms with van der Waals surface area (Å²) in [5, 5.41) is 0. The van der Waals surface area contributed by atoms with E-state index in [-0.39, 0.29) is 0 Å². The Bertz CT molecular complexity index is 587. The second-order valence-electron chi connectivity index (χ2n) is 4.48. The predicted molar refractivity (Wildman–Crippen MR) is 80.9 cm³/mol. The van der Waals surface area contributed by atoms with E-state index in [1.54, 1.807) is 20.4 Å². The molecule has 0 atom stereocenters. The second kappa shape index (κ2) is 7.50. The van der Waals surface area contributed by atoms with Gasteiger partial charge in [0.15, 0.2) is 11.5 Å². The van der Waals surface area contributed by atoms with Crippen LogP contribution >= 0.6 is 0 Å². The van der Waals surface area contributed by atoms with Gasteiger partial charge in [0.1, 0.15) is 6.61 Å². The summed E-state index contributed by atoms with van der Waals surface area (Å²) < 4.78 is 16.4. The van der Waals surface area contributed by atoms with Crippen LogP contribution in [-0.4, -0.2) is 25.7 Å². The highest BCUT2D eigenvalue weighted by Gasteiger charge is 2.09. The molecule has 5 nitrogen and oxygen atoms in total. The fourth-order valence-electron chi connectivity index (χ4n) is 2.03. The number of benzene rings is 1. The number of aromatic nitrogens is 1. The largest absolute Gasteiger partial charge is 0.493 e. The molecule has 1 heterocycles. The quantitative estimate of drug-likeness (QED) is 0.846. The maximum atomic E-state index is 5.86. The average Bonchev–Trinajstić information content (AvgIpc) is 2.53. The molecule has 0 aliphatic rings. The molecule has 2 aromatic rings. The fourth-order valence-corrected chi connectivity index (χ4v) is 2.03. The van der Waals surface area contributed by atoms with E-state index in [1.807, 2.05) is 30.3 Å². The lowest BCUT2D eigenvalue weighted by atomic mass is 10.1. The van der Waals surface area contributed by atoms with Crippen LogP contribution in [0.5, 0.6) is 17.4 Å². The standard InChI is InChI=1S/C16H20N2O3/c1-19-14-6-5-12(7-8-17)10-15(14)21-11-13-4-3-9-18-16(13)20-2/h3-6,9-10H,7-8,11,17H2,1-2H3. The van der Waals surface area contributed by atoms with Crippen molar-refractivity contribution in [3.05, 3.63) is 47.7 Å². The first-order chi connectivity index (χ1) is 10.3. The highest BCUT2D eigenvalue weighted by molar-refractivity contribution is 5.43. The molecular weight excluding hydrogens is 268 g/mol. The van der Waals surface area contributed by atoms with Crippen molar-refractivity contribution in [2.45, 2.75) is 13.0 Å². The van der Waals surface area contributed by atoms with Gasteiger partial charge in [-0.25, -0.2) is 4.98 Å². The smallest absolute Gasteiger partial charge is 0.219 e. The van der Waals surface area contributed by atoms with E-state index < -0.39 is 0 Å². The summed E-state index contributed by atoms with van der Waals surface area (Å²) in [6.45, 7) is 0.960. The molecule has 21 heavy (non-hydrogen) atoms. The Labute approximate surface area is 124 Å². The normalized spacial score (nSPS) is 10.2. The Morgan fingerprint density at radius 3 is 2.67 bits per heavy atom. The van der Waals surface area contributed by atoms with Crippen LogP contribution in [0.2, 0.25) is 0 Å². The molecule has 0 fully saturated rings. The van der Waals surface area contributed by atoms with Gasteiger partial charge in [0.05, 0.1) is 19.8 Å². The first-order valence-corrected chi connectivity index (χ1v) is 6.76. The Balaban J connectivity index is 2.16. The number of pyridine rings is 1. The van der Waals surface area contributed by atoms with Crippen molar-refractivity contribution in [1.29, 1.82) is 0 Å². The van der Waals surface area contributed by atoms with E-state index in [1.165, 1.54) is 0 Å². The van der Waals surface area contributed by atoms with Gasteiger partial charge in [-0.15, -0.1) is 0 Å². The maximum Gasteiger partial charge on any atom is 0.219 e. The molecule has 0 unspecified atom stereocenters. The van der Waals surface area contributed by atoms with Crippen LogP contribution in [0, 0.1) is 0 Å². The van der Waals surface area contributed by atoms with Crippen molar-refractivity contribution >= 4 is 0 Å². The third-order valence-corrected chi connectivity index (χ3v) is 3.09.